The molecule has 0 saturated carbocycles. The number of alkyl halides is 3. The molecule has 2 aliphatic rings. The highest BCUT2D eigenvalue weighted by Crippen LogP contribution is 2.22. The Labute approximate surface area is 139 Å². The van der Waals surface area contributed by atoms with E-state index < -0.39 is 24.7 Å². The normalized spacial score (nSPS) is 29.0. The smallest absolute Gasteiger partial charge is 0.344 e. The van der Waals surface area contributed by atoms with Crippen molar-refractivity contribution in [1.29, 1.82) is 0 Å². The summed E-state index contributed by atoms with van der Waals surface area (Å²) in [5.41, 5.74) is 0. The number of hydrogen-bond donors (Lipinski definition) is 2. The van der Waals surface area contributed by atoms with Gasteiger partial charge in [0.15, 0.2) is 0 Å². The molecule has 2 heterocycles. The van der Waals surface area contributed by atoms with E-state index in [0.717, 1.165) is 11.4 Å². The van der Waals surface area contributed by atoms with Crippen molar-refractivity contribution in [3.05, 3.63) is 0 Å². The van der Waals surface area contributed by atoms with E-state index in [0.29, 0.717) is 25.7 Å². The van der Waals surface area contributed by atoms with Crippen molar-refractivity contribution < 1.29 is 22.8 Å². The van der Waals surface area contributed by atoms with Gasteiger partial charge in [-0.25, -0.2) is 0 Å². The quantitative estimate of drug-likeness (QED) is 0.804. The van der Waals surface area contributed by atoms with Crippen molar-refractivity contribution in [1.82, 2.24) is 15.5 Å². The van der Waals surface area contributed by atoms with Crippen LogP contribution in [0.15, 0.2) is 0 Å². The third kappa shape index (κ3) is 5.84. The molecule has 0 aromatic rings. The molecule has 1 unspecified atom stereocenters. The van der Waals surface area contributed by atoms with Gasteiger partial charge < -0.3 is 15.5 Å². The minimum Gasteiger partial charge on any atom is -0.344 e. The second-order valence-corrected chi connectivity index (χ2v) is 6.15. The average molecular weight is 358 g/mol. The van der Waals surface area contributed by atoms with Gasteiger partial charge in [0, 0.05) is 18.5 Å². The third-order valence-electron chi connectivity index (χ3n) is 4.21. The zero-order chi connectivity index (χ0) is 16.3. The fourth-order valence-electron chi connectivity index (χ4n) is 3.11. The van der Waals surface area contributed by atoms with Crippen LogP contribution in [0.2, 0.25) is 0 Å². The lowest BCUT2D eigenvalue weighted by atomic mass is 9.92. The van der Waals surface area contributed by atoms with Crippen LogP contribution in [0.4, 0.5) is 13.2 Å². The lowest BCUT2D eigenvalue weighted by Gasteiger charge is -2.34. The van der Waals surface area contributed by atoms with Gasteiger partial charge >= 0.3 is 6.18 Å². The first-order valence-electron chi connectivity index (χ1n) is 7.65. The zero-order valence-electron chi connectivity index (χ0n) is 13.0. The fraction of sp³-hybridized carbons (Fsp3) is 0.857. The van der Waals surface area contributed by atoms with Gasteiger partial charge in [0.1, 0.15) is 12.6 Å². The largest absolute Gasteiger partial charge is 0.406 e. The summed E-state index contributed by atoms with van der Waals surface area (Å²) in [4.78, 5) is 25.1. The minimum atomic E-state index is -4.41. The number of hydrogen-bond acceptors (Lipinski definition) is 3. The number of amides is 2. The van der Waals surface area contributed by atoms with Crippen LogP contribution in [0.5, 0.6) is 0 Å². The molecule has 2 aliphatic heterocycles. The lowest BCUT2D eigenvalue weighted by molar-refractivity contribution is -0.165. The van der Waals surface area contributed by atoms with E-state index in [1.165, 1.54) is 0 Å². The van der Waals surface area contributed by atoms with Gasteiger partial charge in [-0.05, 0) is 39.2 Å². The molecule has 0 aromatic heterocycles. The molecule has 0 aromatic carbocycles. The summed E-state index contributed by atoms with van der Waals surface area (Å²) in [5.74, 6) is -1.03. The van der Waals surface area contributed by atoms with Gasteiger partial charge in [0.05, 0.1) is 0 Å². The number of nitrogens with zero attached hydrogens (tertiary/aromatic N) is 1. The lowest BCUT2D eigenvalue weighted by Crippen LogP contribution is -2.55. The first kappa shape index (κ1) is 20.0. The van der Waals surface area contributed by atoms with Gasteiger partial charge in [-0.2, -0.15) is 13.2 Å². The predicted molar refractivity (Wildman–Crippen MR) is 81.2 cm³/mol. The topological polar surface area (TPSA) is 61.4 Å². The molecule has 2 rings (SSSR count). The summed E-state index contributed by atoms with van der Waals surface area (Å²) in [6.07, 6.45) is -2.18. The van der Waals surface area contributed by atoms with Crippen molar-refractivity contribution in [3.63, 3.8) is 0 Å². The van der Waals surface area contributed by atoms with Crippen molar-refractivity contribution in [2.45, 2.75) is 50.9 Å². The van der Waals surface area contributed by atoms with E-state index in [-0.39, 0.29) is 36.8 Å². The van der Waals surface area contributed by atoms with Gasteiger partial charge in [-0.15, -0.1) is 12.4 Å². The van der Waals surface area contributed by atoms with E-state index in [4.69, 9.17) is 0 Å². The Hall–Kier alpha value is -1.02. The summed E-state index contributed by atoms with van der Waals surface area (Å²) in [6, 6.07) is -0.595. The molecule has 2 saturated heterocycles. The molecule has 5 nitrogen and oxygen atoms in total. The summed E-state index contributed by atoms with van der Waals surface area (Å²) in [5, 5.41) is 5.88. The Kier molecular flexibility index (Phi) is 7.13. The second-order valence-electron chi connectivity index (χ2n) is 6.15. The van der Waals surface area contributed by atoms with Gasteiger partial charge in [0.25, 0.3) is 0 Å². The number of rotatable bonds is 3. The molecular weight excluding hydrogens is 335 g/mol. The average Bonchev–Trinajstić information content (AvgIpc) is 2.42. The number of nitrogens with one attached hydrogen (secondary N) is 2. The number of halogens is 4. The van der Waals surface area contributed by atoms with Crippen LogP contribution in [-0.4, -0.2) is 54.6 Å². The summed E-state index contributed by atoms with van der Waals surface area (Å²) >= 11 is 0. The maximum Gasteiger partial charge on any atom is 0.406 e. The van der Waals surface area contributed by atoms with Crippen LogP contribution in [-0.2, 0) is 9.59 Å². The van der Waals surface area contributed by atoms with Gasteiger partial charge in [-0.1, -0.05) is 0 Å². The van der Waals surface area contributed by atoms with E-state index in [1.54, 1.807) is 0 Å². The summed E-state index contributed by atoms with van der Waals surface area (Å²) < 4.78 is 37.3. The van der Waals surface area contributed by atoms with Gasteiger partial charge in [0.2, 0.25) is 11.8 Å². The molecule has 9 heteroatoms. The van der Waals surface area contributed by atoms with Crippen molar-refractivity contribution in [3.8, 4) is 0 Å². The minimum absolute atomic E-state index is 0. The van der Waals surface area contributed by atoms with Crippen molar-refractivity contribution in [2.24, 2.45) is 5.92 Å². The molecule has 2 N–H and O–H groups in total. The summed E-state index contributed by atoms with van der Waals surface area (Å²) in [7, 11) is 0. The molecule has 2 fully saturated rings. The van der Waals surface area contributed by atoms with Crippen LogP contribution in [0, 0.1) is 5.92 Å². The van der Waals surface area contributed by atoms with Crippen LogP contribution in [0.25, 0.3) is 0 Å². The molecule has 0 spiro atoms. The maximum absolute atomic E-state index is 12.4. The Balaban J connectivity index is 0.00000264. The van der Waals surface area contributed by atoms with E-state index in [2.05, 4.69) is 10.6 Å². The molecular formula is C14H23ClF3N3O2. The predicted octanol–water partition coefficient (Wildman–Crippen LogP) is 1.47. The van der Waals surface area contributed by atoms with Crippen LogP contribution in [0.3, 0.4) is 0 Å². The molecule has 0 aliphatic carbocycles. The highest BCUT2D eigenvalue weighted by Gasteiger charge is 2.38. The van der Waals surface area contributed by atoms with E-state index in [1.807, 2.05) is 6.92 Å². The maximum atomic E-state index is 12.4. The molecule has 134 valence electrons. The number of likely N-dealkylation sites (tertiary alicyclic amines) is 1. The first-order chi connectivity index (χ1) is 10.3. The third-order valence-corrected chi connectivity index (χ3v) is 4.21. The van der Waals surface area contributed by atoms with Crippen molar-refractivity contribution >= 4 is 24.2 Å². The first-order valence-corrected chi connectivity index (χ1v) is 7.65. The Morgan fingerprint density at radius 1 is 1.39 bits per heavy atom. The van der Waals surface area contributed by atoms with Crippen LogP contribution in [0.1, 0.15) is 32.6 Å². The Morgan fingerprint density at radius 2 is 2.09 bits per heavy atom. The Morgan fingerprint density at radius 3 is 2.70 bits per heavy atom. The van der Waals surface area contributed by atoms with E-state index in [9.17, 15) is 22.8 Å². The van der Waals surface area contributed by atoms with Crippen molar-refractivity contribution in [2.75, 3.05) is 19.6 Å². The molecule has 2 amide bonds. The Bertz CT molecular complexity index is 434. The highest BCUT2D eigenvalue weighted by atomic mass is 35.5. The number of carbonyl (C=O) groups is 2. The van der Waals surface area contributed by atoms with Crippen LogP contribution < -0.4 is 10.6 Å². The molecule has 0 radical (unpaired) electrons. The second kappa shape index (κ2) is 8.19. The number of carbonyl (C=O) groups excluding carboxylic acids is 2. The van der Waals surface area contributed by atoms with Gasteiger partial charge in [-0.3, -0.25) is 9.59 Å². The zero-order valence-corrected chi connectivity index (χ0v) is 13.8. The number of piperidine rings is 2. The fourth-order valence-corrected chi connectivity index (χ4v) is 3.11. The SMILES string of the molecule is C[C@H]1C[C@@H](C(=O)NC2CCCN(CC(F)(F)F)C2=O)CCN1.Cl. The monoisotopic (exact) mass is 357 g/mol. The molecule has 23 heavy (non-hydrogen) atoms. The summed E-state index contributed by atoms with van der Waals surface area (Å²) in [6.45, 7) is 1.56. The van der Waals surface area contributed by atoms with Crippen LogP contribution >= 0.6 is 12.4 Å². The highest BCUT2D eigenvalue weighted by molar-refractivity contribution is 5.89. The molecule has 3 atom stereocenters. The molecule has 0 bridgehead atoms. The standard InChI is InChI=1S/C14H22F3N3O2.ClH/c1-9-7-10(4-5-18-9)12(21)19-11-3-2-6-20(13(11)22)8-14(15,16)17;/h9-11,18H,2-8H2,1H3,(H,19,21);1H/t9-,10-,11?;/m0./s1. The van der Waals surface area contributed by atoms with E-state index >= 15 is 0 Å².